The van der Waals surface area contributed by atoms with E-state index in [4.69, 9.17) is 0 Å². The van der Waals surface area contributed by atoms with Crippen molar-refractivity contribution in [1.29, 1.82) is 0 Å². The van der Waals surface area contributed by atoms with E-state index in [2.05, 4.69) is 35.8 Å². The van der Waals surface area contributed by atoms with E-state index >= 15 is 0 Å². The Morgan fingerprint density at radius 3 is 2.38 bits per heavy atom. The molecule has 0 unspecified atom stereocenters. The van der Waals surface area contributed by atoms with Crippen LogP contribution in [-0.2, 0) is 0 Å². The predicted molar refractivity (Wildman–Crippen MR) is 72.9 cm³/mol. The minimum atomic E-state index is 0.991. The van der Waals surface area contributed by atoms with Gasteiger partial charge in [0.15, 0.2) is 0 Å². The lowest BCUT2D eigenvalue weighted by molar-refractivity contribution is 0.295. The fourth-order valence-electron chi connectivity index (χ4n) is 1.18. The molecule has 0 aliphatic heterocycles. The highest BCUT2D eigenvalue weighted by molar-refractivity contribution is 5.55. The molecular formula is C13H25N3. The molecule has 0 saturated carbocycles. The Balaban J connectivity index is 4.33. The van der Waals surface area contributed by atoms with Crippen molar-refractivity contribution in [2.24, 2.45) is 4.99 Å². The molecule has 0 fully saturated rings. The zero-order valence-electron chi connectivity index (χ0n) is 11.3. The van der Waals surface area contributed by atoms with Gasteiger partial charge in [0.25, 0.3) is 0 Å². The number of aliphatic imine (C=N–C) groups is 1. The van der Waals surface area contributed by atoms with Gasteiger partial charge >= 0.3 is 0 Å². The second-order valence-electron chi connectivity index (χ2n) is 3.76. The largest absolute Gasteiger partial charge is 0.358 e. The Bertz CT molecular complexity index is 254. The summed E-state index contributed by atoms with van der Waals surface area (Å²) in [6.07, 6.45) is 7.89. The first kappa shape index (κ1) is 14.9. The third-order valence-electron chi connectivity index (χ3n) is 2.45. The van der Waals surface area contributed by atoms with Gasteiger partial charge in [0.05, 0.1) is 0 Å². The van der Waals surface area contributed by atoms with Gasteiger partial charge in [-0.25, -0.2) is 4.99 Å². The van der Waals surface area contributed by atoms with Crippen molar-refractivity contribution in [3.8, 4) is 0 Å². The van der Waals surface area contributed by atoms with Crippen molar-refractivity contribution in [2.75, 3.05) is 33.7 Å². The minimum absolute atomic E-state index is 0.991. The number of hydrogen-bond acceptors (Lipinski definition) is 3. The van der Waals surface area contributed by atoms with Gasteiger partial charge in [-0.15, -0.1) is 0 Å². The van der Waals surface area contributed by atoms with Crippen LogP contribution in [0.1, 0.15) is 20.8 Å². The summed E-state index contributed by atoms with van der Waals surface area (Å²) in [5.41, 5.74) is 0. The van der Waals surface area contributed by atoms with Crippen LogP contribution in [0.5, 0.6) is 0 Å². The molecule has 0 aromatic rings. The fraction of sp³-hybridized carbons (Fsp3) is 0.615. The Morgan fingerprint density at radius 1 is 1.19 bits per heavy atom. The maximum Gasteiger partial charge on any atom is 0.127 e. The third-order valence-corrected chi connectivity index (χ3v) is 2.45. The van der Waals surface area contributed by atoms with Crippen molar-refractivity contribution < 1.29 is 0 Å². The number of likely N-dealkylation sites (N-methyl/N-ethyl adjacent to an activating group) is 2. The monoisotopic (exact) mass is 223 g/mol. The van der Waals surface area contributed by atoms with Crippen LogP contribution < -0.4 is 0 Å². The molecule has 0 heterocycles. The highest BCUT2D eigenvalue weighted by Crippen LogP contribution is 2.03. The number of rotatable bonds is 7. The summed E-state index contributed by atoms with van der Waals surface area (Å²) in [5.74, 6) is 1.00. The molecule has 0 aliphatic rings. The molecule has 0 N–H and O–H groups in total. The lowest BCUT2D eigenvalue weighted by Crippen LogP contribution is -2.30. The molecule has 16 heavy (non-hydrogen) atoms. The van der Waals surface area contributed by atoms with Crippen LogP contribution in [0.15, 0.2) is 29.0 Å². The van der Waals surface area contributed by atoms with Crippen molar-refractivity contribution in [3.05, 3.63) is 24.0 Å². The van der Waals surface area contributed by atoms with Crippen molar-refractivity contribution in [2.45, 2.75) is 20.8 Å². The van der Waals surface area contributed by atoms with E-state index in [9.17, 15) is 0 Å². The summed E-state index contributed by atoms with van der Waals surface area (Å²) in [7, 11) is 4.21. The molecule has 0 saturated heterocycles. The van der Waals surface area contributed by atoms with Crippen molar-refractivity contribution in [3.63, 3.8) is 0 Å². The summed E-state index contributed by atoms with van der Waals surface area (Å²) in [5, 5.41) is 0. The van der Waals surface area contributed by atoms with Crippen LogP contribution in [0.3, 0.4) is 0 Å². The van der Waals surface area contributed by atoms with E-state index in [1.54, 1.807) is 0 Å². The van der Waals surface area contributed by atoms with Crippen LogP contribution in [-0.4, -0.2) is 49.7 Å². The van der Waals surface area contributed by atoms with E-state index in [0.29, 0.717) is 0 Å². The van der Waals surface area contributed by atoms with Gasteiger partial charge in [0, 0.05) is 26.4 Å². The van der Waals surface area contributed by atoms with Crippen LogP contribution in [0, 0.1) is 0 Å². The highest BCUT2D eigenvalue weighted by Gasteiger charge is 2.02. The summed E-state index contributed by atoms with van der Waals surface area (Å²) in [6.45, 7) is 9.24. The van der Waals surface area contributed by atoms with Gasteiger partial charge in [0.1, 0.15) is 5.82 Å². The second kappa shape index (κ2) is 9.16. The first-order valence-electron chi connectivity index (χ1n) is 5.87. The zero-order chi connectivity index (χ0) is 12.4. The Hall–Kier alpha value is -1.09. The normalized spacial score (nSPS) is 13.2. The van der Waals surface area contributed by atoms with Crippen molar-refractivity contribution >= 4 is 6.21 Å². The Kier molecular flexibility index (Phi) is 8.53. The molecule has 0 amide bonds. The maximum absolute atomic E-state index is 4.36. The van der Waals surface area contributed by atoms with Crippen molar-refractivity contribution in [1.82, 2.24) is 9.80 Å². The minimum Gasteiger partial charge on any atom is -0.358 e. The number of allylic oxidation sites excluding steroid dienone is 3. The molecular weight excluding hydrogens is 198 g/mol. The van der Waals surface area contributed by atoms with Gasteiger partial charge < -0.3 is 9.80 Å². The van der Waals surface area contributed by atoms with E-state index < -0.39 is 0 Å². The maximum atomic E-state index is 4.36. The molecule has 0 aromatic carbocycles. The van der Waals surface area contributed by atoms with Crippen LogP contribution in [0.4, 0.5) is 0 Å². The average Bonchev–Trinajstić information content (AvgIpc) is 2.30. The summed E-state index contributed by atoms with van der Waals surface area (Å²) in [6, 6.07) is 0. The Labute approximate surface area is 100 Å². The third kappa shape index (κ3) is 6.40. The molecule has 0 spiro atoms. The fourth-order valence-corrected chi connectivity index (χ4v) is 1.18. The lowest BCUT2D eigenvalue weighted by atomic mass is 10.4. The average molecular weight is 223 g/mol. The summed E-state index contributed by atoms with van der Waals surface area (Å²) < 4.78 is 0. The Morgan fingerprint density at radius 2 is 1.88 bits per heavy atom. The van der Waals surface area contributed by atoms with E-state index in [0.717, 1.165) is 25.5 Å². The number of nitrogens with zero attached hydrogens (tertiary/aromatic N) is 3. The van der Waals surface area contributed by atoms with E-state index in [1.165, 1.54) is 0 Å². The molecule has 0 aliphatic carbocycles. The molecule has 0 atom stereocenters. The standard InChI is InChI=1S/C13H25N3/c1-6-9-10-13(14-7-2)16(5)12-11-15(4)8-3/h6-7,9-10H,8,11-12H2,1-5H3/b9-6?,13-10+,14-7-. The molecule has 0 rings (SSSR count). The van der Waals surface area contributed by atoms with Crippen LogP contribution in [0.2, 0.25) is 0 Å². The van der Waals surface area contributed by atoms with Gasteiger partial charge in [-0.3, -0.25) is 0 Å². The topological polar surface area (TPSA) is 18.8 Å². The van der Waals surface area contributed by atoms with E-state index in [1.807, 2.05) is 38.3 Å². The molecule has 0 radical (unpaired) electrons. The lowest BCUT2D eigenvalue weighted by Gasteiger charge is -2.22. The highest BCUT2D eigenvalue weighted by atomic mass is 15.2. The van der Waals surface area contributed by atoms with Crippen LogP contribution >= 0.6 is 0 Å². The first-order chi connectivity index (χ1) is 7.65. The molecule has 0 bridgehead atoms. The SMILES string of the molecule is CC=C/C=C(\N=C/C)N(C)CCN(C)CC. The smallest absolute Gasteiger partial charge is 0.127 e. The van der Waals surface area contributed by atoms with E-state index in [-0.39, 0.29) is 0 Å². The molecule has 92 valence electrons. The summed E-state index contributed by atoms with van der Waals surface area (Å²) in [4.78, 5) is 8.82. The second-order valence-corrected chi connectivity index (χ2v) is 3.76. The van der Waals surface area contributed by atoms with Gasteiger partial charge in [-0.2, -0.15) is 0 Å². The summed E-state index contributed by atoms with van der Waals surface area (Å²) >= 11 is 0. The molecule has 3 heteroatoms. The first-order valence-corrected chi connectivity index (χ1v) is 5.87. The van der Waals surface area contributed by atoms with Crippen LogP contribution in [0.25, 0.3) is 0 Å². The van der Waals surface area contributed by atoms with Gasteiger partial charge in [0.2, 0.25) is 0 Å². The number of hydrogen-bond donors (Lipinski definition) is 0. The van der Waals surface area contributed by atoms with Gasteiger partial charge in [-0.05, 0) is 33.5 Å². The molecule has 3 nitrogen and oxygen atoms in total. The quantitative estimate of drug-likeness (QED) is 0.487. The predicted octanol–water partition coefficient (Wildman–Crippen LogP) is 2.38. The zero-order valence-corrected chi connectivity index (χ0v) is 11.3. The van der Waals surface area contributed by atoms with Gasteiger partial charge in [-0.1, -0.05) is 19.1 Å². The molecule has 0 aromatic heterocycles.